The van der Waals surface area contributed by atoms with Crippen LogP contribution >= 0.6 is 15.9 Å². The fourth-order valence-electron chi connectivity index (χ4n) is 5.81. The van der Waals surface area contributed by atoms with Crippen LogP contribution in [0.5, 0.6) is 0 Å². The van der Waals surface area contributed by atoms with Crippen LogP contribution in [0.4, 0.5) is 0 Å². The number of fused-ring (bicyclic) bond motifs is 1. The van der Waals surface area contributed by atoms with E-state index < -0.39 is 0 Å². The largest absolute Gasteiger partial charge is 0.337 e. The van der Waals surface area contributed by atoms with Crippen LogP contribution < -0.4 is 0 Å². The molecule has 0 radical (unpaired) electrons. The Kier molecular flexibility index (Phi) is 6.84. The fourth-order valence-corrected chi connectivity index (χ4v) is 6.21. The third-order valence-electron chi connectivity index (χ3n) is 7.61. The lowest BCUT2D eigenvalue weighted by Crippen LogP contribution is -2.58. The molecule has 1 unspecified atom stereocenters. The van der Waals surface area contributed by atoms with Gasteiger partial charge in [0.2, 0.25) is 5.91 Å². The van der Waals surface area contributed by atoms with Crippen LogP contribution in [-0.4, -0.2) is 65.3 Å². The molecular formula is C27H32BrN3O2. The van der Waals surface area contributed by atoms with Crippen LogP contribution in [0.3, 0.4) is 0 Å². The predicted molar refractivity (Wildman–Crippen MR) is 133 cm³/mol. The van der Waals surface area contributed by atoms with E-state index in [4.69, 9.17) is 0 Å². The van der Waals surface area contributed by atoms with Gasteiger partial charge in [0.15, 0.2) is 0 Å². The lowest BCUT2D eigenvalue weighted by molar-refractivity contribution is -0.141. The van der Waals surface area contributed by atoms with Crippen molar-refractivity contribution in [2.24, 2.45) is 5.92 Å². The monoisotopic (exact) mass is 509 g/mol. The van der Waals surface area contributed by atoms with E-state index in [1.807, 2.05) is 29.2 Å². The first kappa shape index (κ1) is 22.6. The van der Waals surface area contributed by atoms with E-state index in [0.29, 0.717) is 30.5 Å². The average molecular weight is 510 g/mol. The maximum absolute atomic E-state index is 13.9. The van der Waals surface area contributed by atoms with E-state index in [2.05, 4.69) is 50.0 Å². The number of carbonyl (C=O) groups is 2. The van der Waals surface area contributed by atoms with Crippen LogP contribution in [0, 0.1) is 5.92 Å². The third kappa shape index (κ3) is 4.87. The van der Waals surface area contributed by atoms with Gasteiger partial charge in [-0.3, -0.25) is 14.5 Å². The summed E-state index contributed by atoms with van der Waals surface area (Å²) in [5, 5.41) is 0. The summed E-state index contributed by atoms with van der Waals surface area (Å²) in [5.74, 6) is 0.803. The number of nitrogens with zero attached hydrogens (tertiary/aromatic N) is 3. The first-order valence-electron chi connectivity index (χ1n) is 12.2. The molecule has 0 bridgehead atoms. The van der Waals surface area contributed by atoms with Crippen LogP contribution in [-0.2, 0) is 17.8 Å². The minimum absolute atomic E-state index is 0.0547. The van der Waals surface area contributed by atoms with E-state index in [9.17, 15) is 9.59 Å². The normalized spacial score (nSPS) is 20.5. The lowest BCUT2D eigenvalue weighted by Gasteiger charge is -2.43. The van der Waals surface area contributed by atoms with Crippen molar-refractivity contribution in [2.45, 2.75) is 44.7 Å². The van der Waals surface area contributed by atoms with Crippen molar-refractivity contribution in [1.29, 1.82) is 0 Å². The zero-order valence-electron chi connectivity index (χ0n) is 19.1. The Balaban J connectivity index is 1.28. The molecule has 6 heteroatoms. The van der Waals surface area contributed by atoms with Gasteiger partial charge in [-0.2, -0.15) is 0 Å². The van der Waals surface area contributed by atoms with E-state index in [1.165, 1.54) is 24.0 Å². The minimum atomic E-state index is -0.0547. The number of halogens is 1. The molecular weight excluding hydrogens is 478 g/mol. The number of piperazine rings is 1. The molecule has 174 valence electrons. The Labute approximate surface area is 204 Å². The maximum Gasteiger partial charge on any atom is 0.253 e. The van der Waals surface area contributed by atoms with Gasteiger partial charge in [-0.15, -0.1) is 0 Å². The van der Waals surface area contributed by atoms with Crippen molar-refractivity contribution >= 4 is 27.7 Å². The summed E-state index contributed by atoms with van der Waals surface area (Å²) in [7, 11) is 0. The van der Waals surface area contributed by atoms with Gasteiger partial charge >= 0.3 is 0 Å². The Bertz CT molecular complexity index is 1010. The zero-order valence-corrected chi connectivity index (χ0v) is 20.7. The van der Waals surface area contributed by atoms with Crippen LogP contribution in [0.1, 0.15) is 47.2 Å². The van der Waals surface area contributed by atoms with Crippen molar-refractivity contribution in [3.63, 3.8) is 0 Å². The average Bonchev–Trinajstić information content (AvgIpc) is 3.38. The second-order valence-corrected chi connectivity index (χ2v) is 10.5. The number of hydrogen-bond acceptors (Lipinski definition) is 3. The van der Waals surface area contributed by atoms with E-state index in [-0.39, 0.29) is 11.9 Å². The van der Waals surface area contributed by atoms with Gasteiger partial charge in [-0.05, 0) is 54.5 Å². The standard InChI is InChI=1S/C27H32BrN3O2/c28-24-11-5-10-22(18-24)26(32)30-16-14-29(15-17-30)25(21-7-2-3-8-21)27(33)31-13-12-20-6-1-4-9-23(20)19-31/h1,4-6,9-11,18,21,25H,2-3,7-8,12-17,19H2. The number of carbonyl (C=O) groups excluding carboxylic acids is 2. The van der Waals surface area contributed by atoms with Crippen LogP contribution in [0.25, 0.3) is 0 Å². The Morgan fingerprint density at radius 2 is 1.58 bits per heavy atom. The summed E-state index contributed by atoms with van der Waals surface area (Å²) in [6.07, 6.45) is 5.65. The summed E-state index contributed by atoms with van der Waals surface area (Å²) < 4.78 is 0.919. The number of rotatable bonds is 4. The van der Waals surface area contributed by atoms with Crippen LogP contribution in [0.2, 0.25) is 0 Å². The van der Waals surface area contributed by atoms with Crippen LogP contribution in [0.15, 0.2) is 53.0 Å². The molecule has 2 heterocycles. The molecule has 2 fully saturated rings. The highest BCUT2D eigenvalue weighted by Crippen LogP contribution is 2.33. The van der Waals surface area contributed by atoms with Crippen molar-refractivity contribution < 1.29 is 9.59 Å². The first-order chi connectivity index (χ1) is 16.1. The summed E-state index contributed by atoms with van der Waals surface area (Å²) in [5.41, 5.74) is 3.37. The predicted octanol–water partition coefficient (Wildman–Crippen LogP) is 4.35. The summed E-state index contributed by atoms with van der Waals surface area (Å²) in [6.45, 7) is 4.39. The number of benzene rings is 2. The second kappa shape index (κ2) is 9.98. The van der Waals surface area contributed by atoms with Gasteiger partial charge < -0.3 is 9.80 Å². The summed E-state index contributed by atoms with van der Waals surface area (Å²) in [6, 6.07) is 16.0. The summed E-state index contributed by atoms with van der Waals surface area (Å²) in [4.78, 5) is 33.3. The molecule has 0 N–H and O–H groups in total. The van der Waals surface area contributed by atoms with Gasteiger partial charge in [0.05, 0.1) is 6.04 Å². The molecule has 0 spiro atoms. The molecule has 2 amide bonds. The minimum Gasteiger partial charge on any atom is -0.337 e. The van der Waals surface area contributed by atoms with Gasteiger partial charge in [0.25, 0.3) is 5.91 Å². The molecule has 5 rings (SSSR count). The highest BCUT2D eigenvalue weighted by molar-refractivity contribution is 9.10. The Morgan fingerprint density at radius 3 is 2.30 bits per heavy atom. The highest BCUT2D eigenvalue weighted by Gasteiger charge is 2.40. The molecule has 1 saturated carbocycles. The van der Waals surface area contributed by atoms with Crippen molar-refractivity contribution in [3.05, 3.63) is 69.7 Å². The summed E-state index contributed by atoms with van der Waals surface area (Å²) >= 11 is 3.46. The molecule has 2 aromatic rings. The van der Waals surface area contributed by atoms with Gasteiger partial charge in [0.1, 0.15) is 0 Å². The van der Waals surface area contributed by atoms with Crippen molar-refractivity contribution in [3.8, 4) is 0 Å². The molecule has 1 aliphatic carbocycles. The first-order valence-corrected chi connectivity index (χ1v) is 13.0. The molecule has 1 saturated heterocycles. The highest BCUT2D eigenvalue weighted by atomic mass is 79.9. The van der Waals surface area contributed by atoms with Gasteiger partial charge in [-0.25, -0.2) is 0 Å². The Morgan fingerprint density at radius 1 is 0.848 bits per heavy atom. The smallest absolute Gasteiger partial charge is 0.253 e. The second-order valence-electron chi connectivity index (χ2n) is 9.61. The molecule has 1 atom stereocenters. The van der Waals surface area contributed by atoms with Gasteiger partial charge in [0, 0.05) is 49.3 Å². The zero-order chi connectivity index (χ0) is 22.8. The SMILES string of the molecule is O=C(c1cccc(Br)c1)N1CCN(C(C(=O)N2CCc3ccccc3C2)C2CCCC2)CC1. The molecule has 3 aliphatic rings. The molecule has 2 aromatic carbocycles. The third-order valence-corrected chi connectivity index (χ3v) is 8.10. The molecule has 0 aromatic heterocycles. The van der Waals surface area contributed by atoms with Crippen molar-refractivity contribution in [1.82, 2.24) is 14.7 Å². The van der Waals surface area contributed by atoms with E-state index in [0.717, 1.165) is 49.9 Å². The number of hydrogen-bond donors (Lipinski definition) is 0. The van der Waals surface area contributed by atoms with Crippen molar-refractivity contribution in [2.75, 3.05) is 32.7 Å². The maximum atomic E-state index is 13.9. The fraction of sp³-hybridized carbons (Fsp3) is 0.481. The topological polar surface area (TPSA) is 43.9 Å². The quantitative estimate of drug-likeness (QED) is 0.615. The van der Waals surface area contributed by atoms with E-state index >= 15 is 0 Å². The molecule has 2 aliphatic heterocycles. The molecule has 33 heavy (non-hydrogen) atoms. The molecule has 5 nitrogen and oxygen atoms in total. The lowest BCUT2D eigenvalue weighted by atomic mass is 9.92. The van der Waals surface area contributed by atoms with Gasteiger partial charge in [-0.1, -0.05) is 59.1 Å². The van der Waals surface area contributed by atoms with E-state index in [1.54, 1.807) is 0 Å². The number of amides is 2. The Hall–Kier alpha value is -2.18.